The van der Waals surface area contributed by atoms with Crippen LogP contribution in [0.25, 0.3) is 11.3 Å². The molecule has 1 aromatic carbocycles. The largest absolute Gasteiger partial charge is 0.493 e. The Labute approximate surface area is 173 Å². The molecule has 3 aromatic rings. The molecular formula is C20H14F3N3O3S. The van der Waals surface area contributed by atoms with Crippen LogP contribution in [-0.4, -0.2) is 34.3 Å². The quantitative estimate of drug-likeness (QED) is 0.682. The number of halogens is 3. The number of alkyl halides is 3. The third-order valence-corrected chi connectivity index (χ3v) is 5.29. The van der Waals surface area contributed by atoms with Gasteiger partial charge in [-0.25, -0.2) is 9.78 Å². The third kappa shape index (κ3) is 4.04. The second kappa shape index (κ2) is 7.86. The van der Waals surface area contributed by atoms with Crippen molar-refractivity contribution in [3.8, 4) is 11.3 Å². The van der Waals surface area contributed by atoms with E-state index in [0.29, 0.717) is 10.6 Å². The Bertz CT molecular complexity index is 1110. The van der Waals surface area contributed by atoms with E-state index in [4.69, 9.17) is 0 Å². The van der Waals surface area contributed by atoms with Crippen molar-refractivity contribution in [2.24, 2.45) is 0 Å². The van der Waals surface area contributed by atoms with Gasteiger partial charge < -0.3 is 10.2 Å². The summed E-state index contributed by atoms with van der Waals surface area (Å²) in [5, 5.41) is 3.22. The highest BCUT2D eigenvalue weighted by Gasteiger charge is 2.43. The Morgan fingerprint density at radius 1 is 1.17 bits per heavy atom. The zero-order valence-corrected chi connectivity index (χ0v) is 16.1. The molecule has 1 aliphatic heterocycles. The van der Waals surface area contributed by atoms with Gasteiger partial charge in [0.15, 0.2) is 0 Å². The van der Waals surface area contributed by atoms with Crippen LogP contribution in [0.4, 0.5) is 13.2 Å². The number of aromatic nitrogens is 2. The number of nitrogens with one attached hydrogen (secondary N) is 1. The molecule has 0 atom stereocenters. The first-order valence-electron chi connectivity index (χ1n) is 8.84. The minimum Gasteiger partial charge on any atom is -0.352 e. The second-order valence-electron chi connectivity index (χ2n) is 6.36. The van der Waals surface area contributed by atoms with Gasteiger partial charge >= 0.3 is 12.1 Å². The Kier molecular flexibility index (Phi) is 5.25. The molecule has 3 heterocycles. The van der Waals surface area contributed by atoms with Crippen LogP contribution in [0.15, 0.2) is 64.6 Å². The lowest BCUT2D eigenvalue weighted by molar-refractivity contribution is -0.199. The molecule has 0 aliphatic carbocycles. The van der Waals surface area contributed by atoms with Crippen molar-refractivity contribution in [1.29, 1.82) is 0 Å². The molecule has 10 heteroatoms. The number of carbonyl (C=O) groups is 2. The highest BCUT2D eigenvalue weighted by Crippen LogP contribution is 2.32. The van der Waals surface area contributed by atoms with Gasteiger partial charge in [0.2, 0.25) is 0 Å². The summed E-state index contributed by atoms with van der Waals surface area (Å²) < 4.78 is 39.2. The number of rotatable bonds is 4. The summed E-state index contributed by atoms with van der Waals surface area (Å²) in [4.78, 5) is 33.5. The number of pyridine rings is 1. The van der Waals surface area contributed by atoms with Crippen molar-refractivity contribution in [1.82, 2.24) is 15.0 Å². The fraction of sp³-hybridized carbons (Fsp3) is 0.150. The van der Waals surface area contributed by atoms with Crippen molar-refractivity contribution in [2.45, 2.75) is 22.5 Å². The molecule has 1 N–H and O–H groups in total. The number of hydrogen-bond donors (Lipinski definition) is 1. The number of benzene rings is 1. The zero-order valence-electron chi connectivity index (χ0n) is 15.3. The van der Waals surface area contributed by atoms with Crippen LogP contribution < -0.4 is 10.2 Å². The molecule has 2 aromatic heterocycles. The van der Waals surface area contributed by atoms with E-state index in [2.05, 4.69) is 15.1 Å². The minimum absolute atomic E-state index is 0.159. The van der Waals surface area contributed by atoms with Gasteiger partial charge in [-0.3, -0.25) is 4.79 Å². The summed E-state index contributed by atoms with van der Waals surface area (Å²) in [6.45, 7) is 0.226. The second-order valence-corrected chi connectivity index (χ2v) is 7.46. The summed E-state index contributed by atoms with van der Waals surface area (Å²) in [6.07, 6.45) is -3.44. The van der Waals surface area contributed by atoms with Gasteiger partial charge in [-0.05, 0) is 30.3 Å². The standard InChI is InChI=1S/C20H14F3N3O3S/c21-20(22,23)19(28)29-26-15-7-9-25-18(27)14(15)11-16(26)12-6-8-24-17(10-12)30-13-4-2-1-3-5-13/h1-6,8,10-11H,7,9H2,(H,25,27). The lowest BCUT2D eigenvalue weighted by Gasteiger charge is -2.17. The highest BCUT2D eigenvalue weighted by atomic mass is 32.2. The summed E-state index contributed by atoms with van der Waals surface area (Å²) in [5.74, 6) is -2.80. The van der Waals surface area contributed by atoms with Crippen LogP contribution in [0.5, 0.6) is 0 Å². The molecule has 4 rings (SSSR count). The number of amides is 1. The van der Waals surface area contributed by atoms with Crippen molar-refractivity contribution >= 4 is 23.6 Å². The van der Waals surface area contributed by atoms with Crippen LogP contribution >= 0.6 is 11.8 Å². The van der Waals surface area contributed by atoms with E-state index < -0.39 is 18.1 Å². The van der Waals surface area contributed by atoms with Crippen molar-refractivity contribution in [3.63, 3.8) is 0 Å². The molecular weight excluding hydrogens is 419 g/mol. The monoisotopic (exact) mass is 433 g/mol. The smallest absolute Gasteiger partial charge is 0.352 e. The summed E-state index contributed by atoms with van der Waals surface area (Å²) >= 11 is 1.37. The number of carbonyl (C=O) groups excluding carboxylic acids is 2. The molecule has 6 nitrogen and oxygen atoms in total. The first kappa shape index (κ1) is 20.0. The van der Waals surface area contributed by atoms with Gasteiger partial charge in [0.1, 0.15) is 5.03 Å². The molecule has 0 saturated heterocycles. The van der Waals surface area contributed by atoms with E-state index in [-0.39, 0.29) is 29.9 Å². The van der Waals surface area contributed by atoms with E-state index in [1.54, 1.807) is 12.1 Å². The van der Waals surface area contributed by atoms with Crippen LogP contribution in [0.2, 0.25) is 0 Å². The van der Waals surface area contributed by atoms with Gasteiger partial charge in [-0.2, -0.15) is 17.9 Å². The van der Waals surface area contributed by atoms with Crippen LogP contribution in [0.3, 0.4) is 0 Å². The molecule has 0 bridgehead atoms. The molecule has 30 heavy (non-hydrogen) atoms. The van der Waals surface area contributed by atoms with Crippen LogP contribution in [0.1, 0.15) is 16.1 Å². The van der Waals surface area contributed by atoms with Gasteiger partial charge in [0.25, 0.3) is 5.91 Å². The maximum absolute atomic E-state index is 12.8. The lowest BCUT2D eigenvalue weighted by atomic mass is 10.1. The molecule has 0 fully saturated rings. The summed E-state index contributed by atoms with van der Waals surface area (Å²) in [5.41, 5.74) is 0.994. The molecule has 0 unspecified atom stereocenters. The van der Waals surface area contributed by atoms with E-state index in [9.17, 15) is 22.8 Å². The Hall–Kier alpha value is -3.27. The highest BCUT2D eigenvalue weighted by molar-refractivity contribution is 7.99. The van der Waals surface area contributed by atoms with Crippen LogP contribution in [0, 0.1) is 0 Å². The molecule has 1 aliphatic rings. The topological polar surface area (TPSA) is 73.2 Å². The van der Waals surface area contributed by atoms with Gasteiger partial charge in [-0.1, -0.05) is 30.0 Å². The fourth-order valence-corrected chi connectivity index (χ4v) is 3.86. The number of nitrogens with zero attached hydrogens (tertiary/aromatic N) is 2. The van der Waals surface area contributed by atoms with Crippen molar-refractivity contribution < 1.29 is 27.6 Å². The first-order valence-corrected chi connectivity index (χ1v) is 9.66. The average Bonchev–Trinajstić information content (AvgIpc) is 3.08. The van der Waals surface area contributed by atoms with E-state index in [1.807, 2.05) is 30.3 Å². The van der Waals surface area contributed by atoms with E-state index in [0.717, 1.165) is 9.63 Å². The Balaban J connectivity index is 1.76. The van der Waals surface area contributed by atoms with Crippen LogP contribution in [-0.2, 0) is 11.2 Å². The maximum atomic E-state index is 12.8. The van der Waals surface area contributed by atoms with E-state index >= 15 is 0 Å². The maximum Gasteiger partial charge on any atom is 0.493 e. The molecule has 0 saturated carbocycles. The molecule has 0 spiro atoms. The average molecular weight is 433 g/mol. The minimum atomic E-state index is -5.17. The summed E-state index contributed by atoms with van der Waals surface area (Å²) in [7, 11) is 0. The Morgan fingerprint density at radius 2 is 1.93 bits per heavy atom. The number of hydrogen-bond acceptors (Lipinski definition) is 5. The Morgan fingerprint density at radius 3 is 2.67 bits per heavy atom. The molecule has 1 amide bonds. The van der Waals surface area contributed by atoms with Crippen molar-refractivity contribution in [2.75, 3.05) is 6.54 Å². The van der Waals surface area contributed by atoms with Gasteiger partial charge in [0.05, 0.1) is 17.0 Å². The summed E-state index contributed by atoms with van der Waals surface area (Å²) in [6, 6.07) is 14.1. The fourth-order valence-electron chi connectivity index (χ4n) is 3.03. The zero-order chi connectivity index (χ0) is 21.3. The van der Waals surface area contributed by atoms with E-state index in [1.165, 1.54) is 24.0 Å². The molecule has 0 radical (unpaired) electrons. The first-order chi connectivity index (χ1) is 14.3. The SMILES string of the molecule is O=C1NCCc2c1cc(-c1ccnc(Sc3ccccc3)c1)n2OC(=O)C(F)(F)F. The normalized spacial score (nSPS) is 13.5. The van der Waals surface area contributed by atoms with Gasteiger partial charge in [-0.15, -0.1) is 0 Å². The lowest BCUT2D eigenvalue weighted by Crippen LogP contribution is -2.37. The third-order valence-electron chi connectivity index (χ3n) is 4.35. The van der Waals surface area contributed by atoms with Gasteiger partial charge in [0, 0.05) is 29.6 Å². The van der Waals surface area contributed by atoms with Crippen molar-refractivity contribution in [3.05, 3.63) is 66.0 Å². The predicted molar refractivity (Wildman–Crippen MR) is 102 cm³/mol. The number of fused-ring (bicyclic) bond motifs is 1. The molecule has 154 valence electrons. The predicted octanol–water partition coefficient (Wildman–Crippen LogP) is 3.50.